The summed E-state index contributed by atoms with van der Waals surface area (Å²) in [6.07, 6.45) is -0.000285. The van der Waals surface area contributed by atoms with Crippen LogP contribution in [0.3, 0.4) is 0 Å². The Hall–Kier alpha value is -3.74. The number of benzene rings is 2. The molecular formula is C22H20N4O3. The van der Waals surface area contributed by atoms with E-state index in [2.05, 4.69) is 15.7 Å². The zero-order valence-corrected chi connectivity index (χ0v) is 16.1. The van der Waals surface area contributed by atoms with Gasteiger partial charge in [0.15, 0.2) is 5.78 Å². The van der Waals surface area contributed by atoms with Gasteiger partial charge in [-0.25, -0.2) is 4.68 Å². The zero-order valence-electron chi connectivity index (χ0n) is 16.1. The Morgan fingerprint density at radius 1 is 1.10 bits per heavy atom. The monoisotopic (exact) mass is 388 g/mol. The molecule has 4 rings (SSSR count). The highest BCUT2D eigenvalue weighted by Crippen LogP contribution is 2.34. The number of hydrogen-bond donors (Lipinski definition) is 2. The first-order valence-corrected chi connectivity index (χ1v) is 9.30. The first-order chi connectivity index (χ1) is 13.9. The first-order valence-electron chi connectivity index (χ1n) is 9.30. The van der Waals surface area contributed by atoms with E-state index in [1.807, 2.05) is 37.3 Å². The van der Waals surface area contributed by atoms with E-state index in [1.165, 1.54) is 6.92 Å². The molecule has 29 heavy (non-hydrogen) atoms. The van der Waals surface area contributed by atoms with Crippen LogP contribution in [0.2, 0.25) is 0 Å². The van der Waals surface area contributed by atoms with Crippen molar-refractivity contribution in [2.45, 2.75) is 26.3 Å². The van der Waals surface area contributed by atoms with Crippen LogP contribution in [0.25, 0.3) is 11.3 Å². The minimum absolute atomic E-state index is 0.000285. The topological polar surface area (TPSA) is 93.1 Å². The van der Waals surface area contributed by atoms with E-state index in [0.29, 0.717) is 17.1 Å². The summed E-state index contributed by atoms with van der Waals surface area (Å²) in [4.78, 5) is 36.6. The number of carbonyl (C=O) groups excluding carboxylic acids is 3. The lowest BCUT2D eigenvalue weighted by molar-refractivity contribution is -0.125. The van der Waals surface area contributed by atoms with Crippen LogP contribution in [0.1, 0.15) is 35.3 Å². The van der Waals surface area contributed by atoms with Crippen molar-refractivity contribution >= 4 is 29.1 Å². The van der Waals surface area contributed by atoms with E-state index in [4.69, 9.17) is 0 Å². The third-order valence-corrected chi connectivity index (χ3v) is 4.99. The maximum Gasteiger partial charge on any atom is 0.249 e. The third kappa shape index (κ3) is 3.54. The number of ketones is 1. The molecule has 7 heteroatoms. The molecule has 2 aromatic carbocycles. The predicted molar refractivity (Wildman–Crippen MR) is 110 cm³/mol. The average molecular weight is 388 g/mol. The van der Waals surface area contributed by atoms with Crippen molar-refractivity contribution in [3.63, 3.8) is 0 Å². The second kappa shape index (κ2) is 7.35. The van der Waals surface area contributed by atoms with Gasteiger partial charge in [0.05, 0.1) is 12.1 Å². The lowest BCUT2D eigenvalue weighted by Gasteiger charge is -2.24. The number of carbonyl (C=O) groups is 3. The van der Waals surface area contributed by atoms with Crippen molar-refractivity contribution in [3.05, 3.63) is 65.7 Å². The quantitative estimate of drug-likeness (QED) is 0.668. The number of Topliss-reactive ketones (excluding diaryl/α,β-unsaturated/α-hetero) is 1. The fraction of sp³-hybridized carbons (Fsp3) is 0.182. The van der Waals surface area contributed by atoms with Crippen LogP contribution in [0.4, 0.5) is 11.5 Å². The summed E-state index contributed by atoms with van der Waals surface area (Å²) in [6, 6.07) is 15.5. The Bertz CT molecular complexity index is 1100. The molecule has 2 N–H and O–H groups in total. The van der Waals surface area contributed by atoms with Gasteiger partial charge in [0.1, 0.15) is 11.9 Å². The molecule has 3 aromatic rings. The molecule has 0 radical (unpaired) electrons. The highest BCUT2D eigenvalue weighted by atomic mass is 16.2. The van der Waals surface area contributed by atoms with Gasteiger partial charge in [-0.3, -0.25) is 14.4 Å². The Morgan fingerprint density at radius 3 is 2.45 bits per heavy atom. The van der Waals surface area contributed by atoms with Gasteiger partial charge in [-0.15, -0.1) is 0 Å². The van der Waals surface area contributed by atoms with Crippen LogP contribution in [0.5, 0.6) is 0 Å². The highest BCUT2D eigenvalue weighted by molar-refractivity contribution is 6.02. The molecular weight excluding hydrogens is 368 g/mol. The molecule has 146 valence electrons. The van der Waals surface area contributed by atoms with Crippen LogP contribution in [0.15, 0.2) is 54.6 Å². The van der Waals surface area contributed by atoms with Crippen molar-refractivity contribution in [3.8, 4) is 11.3 Å². The Morgan fingerprint density at radius 2 is 1.79 bits per heavy atom. The summed E-state index contributed by atoms with van der Waals surface area (Å²) in [6.45, 7) is 3.36. The van der Waals surface area contributed by atoms with E-state index >= 15 is 0 Å². The molecule has 0 saturated heterocycles. The van der Waals surface area contributed by atoms with E-state index in [0.717, 1.165) is 16.8 Å². The summed E-state index contributed by atoms with van der Waals surface area (Å²) >= 11 is 0. The largest absolute Gasteiger partial charge is 0.324 e. The lowest BCUT2D eigenvalue weighted by Crippen LogP contribution is -2.35. The summed E-state index contributed by atoms with van der Waals surface area (Å²) < 4.78 is 1.58. The Balaban J connectivity index is 1.64. The number of nitrogens with zero attached hydrogens (tertiary/aromatic N) is 2. The zero-order chi connectivity index (χ0) is 20.5. The number of aromatic nitrogens is 2. The maximum absolute atomic E-state index is 12.9. The van der Waals surface area contributed by atoms with Crippen LogP contribution >= 0.6 is 0 Å². The number of anilines is 2. The molecule has 1 aliphatic rings. The number of fused-ring (bicyclic) bond motifs is 1. The number of rotatable bonds is 4. The normalized spacial score (nSPS) is 15.4. The Kier molecular flexibility index (Phi) is 4.72. The first kappa shape index (κ1) is 18.6. The van der Waals surface area contributed by atoms with E-state index in [-0.39, 0.29) is 24.0 Å². The molecule has 2 heterocycles. The summed E-state index contributed by atoms with van der Waals surface area (Å²) in [7, 11) is 0. The SMILES string of the molecule is CC(=O)c1ccc(NC(=O)C2CC(=O)Nc3c(C)c(-c4ccccc4)nn32)cc1. The van der Waals surface area contributed by atoms with Crippen molar-refractivity contribution in [1.82, 2.24) is 9.78 Å². The van der Waals surface area contributed by atoms with Crippen molar-refractivity contribution < 1.29 is 14.4 Å². The highest BCUT2D eigenvalue weighted by Gasteiger charge is 2.34. The molecule has 0 spiro atoms. The fourth-order valence-corrected chi connectivity index (χ4v) is 3.43. The molecule has 1 aromatic heterocycles. The molecule has 0 saturated carbocycles. The van der Waals surface area contributed by atoms with Crippen LogP contribution in [0, 0.1) is 6.92 Å². The van der Waals surface area contributed by atoms with Crippen molar-refractivity contribution in [1.29, 1.82) is 0 Å². The number of nitrogens with one attached hydrogen (secondary N) is 2. The standard InChI is InChI=1S/C22H20N4O3/c1-13-20(16-6-4-3-5-7-16)25-26-18(12-19(28)24-21(13)26)22(29)23-17-10-8-15(9-11-17)14(2)27/h3-11,18H,12H2,1-2H3,(H,23,29)(H,24,28). The molecule has 1 unspecified atom stereocenters. The van der Waals surface area contributed by atoms with Crippen molar-refractivity contribution in [2.24, 2.45) is 0 Å². The molecule has 0 bridgehead atoms. The average Bonchev–Trinajstić information content (AvgIpc) is 3.05. The van der Waals surface area contributed by atoms with Gasteiger partial charge in [-0.05, 0) is 38.1 Å². The molecule has 2 amide bonds. The van der Waals surface area contributed by atoms with Gasteiger partial charge in [-0.2, -0.15) is 5.10 Å². The number of hydrogen-bond acceptors (Lipinski definition) is 4. The predicted octanol–water partition coefficient (Wildman–Crippen LogP) is 3.58. The van der Waals surface area contributed by atoms with Crippen LogP contribution < -0.4 is 10.6 Å². The summed E-state index contributed by atoms with van der Waals surface area (Å²) in [5.41, 5.74) is 3.58. The maximum atomic E-state index is 12.9. The minimum Gasteiger partial charge on any atom is -0.324 e. The van der Waals surface area contributed by atoms with Crippen LogP contribution in [-0.2, 0) is 9.59 Å². The fourth-order valence-electron chi connectivity index (χ4n) is 3.43. The van der Waals surface area contributed by atoms with Gasteiger partial charge in [0, 0.05) is 22.4 Å². The second-order valence-electron chi connectivity index (χ2n) is 7.02. The van der Waals surface area contributed by atoms with E-state index < -0.39 is 6.04 Å². The van der Waals surface area contributed by atoms with Gasteiger partial charge >= 0.3 is 0 Å². The van der Waals surface area contributed by atoms with Gasteiger partial charge in [-0.1, -0.05) is 30.3 Å². The second-order valence-corrected chi connectivity index (χ2v) is 7.02. The van der Waals surface area contributed by atoms with Gasteiger partial charge in [0.2, 0.25) is 11.8 Å². The smallest absolute Gasteiger partial charge is 0.249 e. The lowest BCUT2D eigenvalue weighted by atomic mass is 10.1. The number of amides is 2. The molecule has 1 atom stereocenters. The third-order valence-electron chi connectivity index (χ3n) is 4.99. The molecule has 7 nitrogen and oxygen atoms in total. The van der Waals surface area contributed by atoms with E-state index in [1.54, 1.807) is 28.9 Å². The van der Waals surface area contributed by atoms with Crippen molar-refractivity contribution in [2.75, 3.05) is 10.6 Å². The molecule has 0 aliphatic carbocycles. The van der Waals surface area contributed by atoms with E-state index in [9.17, 15) is 14.4 Å². The Labute approximate surface area is 167 Å². The van der Waals surface area contributed by atoms with Crippen LogP contribution in [-0.4, -0.2) is 27.4 Å². The molecule has 0 fully saturated rings. The van der Waals surface area contributed by atoms with Gasteiger partial charge in [0.25, 0.3) is 0 Å². The summed E-state index contributed by atoms with van der Waals surface area (Å²) in [5.74, 6) is -0.0740. The summed E-state index contributed by atoms with van der Waals surface area (Å²) in [5, 5.41) is 10.3. The van der Waals surface area contributed by atoms with Gasteiger partial charge < -0.3 is 10.6 Å². The minimum atomic E-state index is -0.762. The molecule has 1 aliphatic heterocycles.